The van der Waals surface area contributed by atoms with Crippen LogP contribution in [0.2, 0.25) is 18.1 Å². The van der Waals surface area contributed by atoms with Gasteiger partial charge in [0.05, 0.1) is 31.5 Å². The molecule has 1 aromatic rings. The van der Waals surface area contributed by atoms with E-state index in [1.54, 1.807) is 0 Å². The Morgan fingerprint density at radius 2 is 1.88 bits per heavy atom. The van der Waals surface area contributed by atoms with E-state index in [2.05, 4.69) is 65.1 Å². The van der Waals surface area contributed by atoms with Crippen molar-refractivity contribution in [3.05, 3.63) is 48.0 Å². The molecule has 0 amide bonds. The van der Waals surface area contributed by atoms with Gasteiger partial charge < -0.3 is 23.7 Å². The van der Waals surface area contributed by atoms with Crippen LogP contribution >= 0.6 is 0 Å². The van der Waals surface area contributed by atoms with Crippen molar-refractivity contribution in [2.75, 3.05) is 6.61 Å². The Balaban J connectivity index is 1.83. The molecule has 0 aromatic heterocycles. The van der Waals surface area contributed by atoms with Crippen LogP contribution in [0.3, 0.4) is 0 Å². The van der Waals surface area contributed by atoms with Crippen LogP contribution in [0, 0.1) is 0 Å². The average Bonchev–Trinajstić information content (AvgIpc) is 3.51. The summed E-state index contributed by atoms with van der Waals surface area (Å²) in [6.07, 6.45) is 8.18. The van der Waals surface area contributed by atoms with E-state index in [-0.39, 0.29) is 36.1 Å². The van der Waals surface area contributed by atoms with E-state index in [9.17, 15) is 5.11 Å². The lowest BCUT2D eigenvalue weighted by Gasteiger charge is -2.44. The zero-order chi connectivity index (χ0) is 24.1. The number of aliphatic hydroxyl groups excluding tert-OH is 1. The average molecular weight is 477 g/mol. The highest BCUT2D eigenvalue weighted by Crippen LogP contribution is 2.41. The maximum atomic E-state index is 9.55. The van der Waals surface area contributed by atoms with Gasteiger partial charge in [0.1, 0.15) is 6.10 Å². The molecule has 0 spiro atoms. The van der Waals surface area contributed by atoms with Crippen molar-refractivity contribution in [2.45, 2.75) is 115 Å². The summed E-state index contributed by atoms with van der Waals surface area (Å²) < 4.78 is 26.1. The van der Waals surface area contributed by atoms with Gasteiger partial charge in [-0.1, -0.05) is 70.2 Å². The van der Waals surface area contributed by atoms with E-state index in [0.717, 1.165) is 31.2 Å². The number of ether oxygens (including phenoxy) is 3. The minimum absolute atomic E-state index is 0.00195. The van der Waals surface area contributed by atoms with E-state index in [4.69, 9.17) is 18.6 Å². The number of aliphatic hydroxyl groups is 1. The second-order valence-corrected chi connectivity index (χ2v) is 15.8. The zero-order valence-corrected chi connectivity index (χ0v) is 22.4. The second kappa shape index (κ2) is 11.1. The summed E-state index contributed by atoms with van der Waals surface area (Å²) in [6, 6.07) is 10.2. The van der Waals surface area contributed by atoms with Gasteiger partial charge in [0.15, 0.2) is 14.1 Å². The van der Waals surface area contributed by atoms with E-state index >= 15 is 0 Å². The van der Waals surface area contributed by atoms with Crippen molar-refractivity contribution in [1.29, 1.82) is 0 Å². The van der Waals surface area contributed by atoms with Crippen molar-refractivity contribution in [2.24, 2.45) is 0 Å². The van der Waals surface area contributed by atoms with Crippen LogP contribution in [-0.4, -0.2) is 50.2 Å². The number of hydrogen-bond donors (Lipinski definition) is 1. The van der Waals surface area contributed by atoms with Crippen molar-refractivity contribution >= 4 is 8.32 Å². The molecule has 5 nitrogen and oxygen atoms in total. The lowest BCUT2D eigenvalue weighted by Crippen LogP contribution is -2.50. The minimum Gasteiger partial charge on any atom is -0.411 e. The van der Waals surface area contributed by atoms with Crippen molar-refractivity contribution in [3.63, 3.8) is 0 Å². The predicted octanol–water partition coefficient (Wildman–Crippen LogP) is 5.98. The molecule has 0 radical (unpaired) electrons. The summed E-state index contributed by atoms with van der Waals surface area (Å²) in [7, 11) is -1.96. The molecule has 5 atom stereocenters. The molecule has 33 heavy (non-hydrogen) atoms. The van der Waals surface area contributed by atoms with Crippen molar-refractivity contribution < 1.29 is 23.7 Å². The smallest absolute Gasteiger partial charge is 0.192 e. The lowest BCUT2D eigenvalue weighted by molar-refractivity contribution is -0.284. The van der Waals surface area contributed by atoms with Crippen LogP contribution in [0.25, 0.3) is 0 Å². The van der Waals surface area contributed by atoms with Crippen LogP contribution in [0.1, 0.15) is 65.4 Å². The third-order valence-corrected chi connectivity index (χ3v) is 11.9. The van der Waals surface area contributed by atoms with Crippen LogP contribution < -0.4 is 0 Å². The summed E-state index contributed by atoms with van der Waals surface area (Å²) in [5.74, 6) is -0.774. The van der Waals surface area contributed by atoms with Crippen LogP contribution in [0.5, 0.6) is 0 Å². The standard InChI is InChI=1S/C27H44O5Si/c1-7-22(32-33(5,6)26(2,3)4)23-16-12-9-13-17-27(31-23,18-24-25(19-28)30-24)29-20-21-14-10-8-11-15-21/h8-12,14-15,22-25,28H,7,13,16-20H2,1-6H3/b12-9-/t22-,23-,24+,25+,27+/m1/s1. The normalized spacial score (nSPS) is 30.3. The number of rotatable bonds is 10. The van der Waals surface area contributed by atoms with E-state index in [1.807, 2.05) is 18.2 Å². The fourth-order valence-corrected chi connectivity index (χ4v) is 5.60. The van der Waals surface area contributed by atoms with Crippen molar-refractivity contribution in [1.82, 2.24) is 0 Å². The molecule has 1 fully saturated rings. The van der Waals surface area contributed by atoms with Crippen LogP contribution in [0.15, 0.2) is 42.5 Å². The maximum Gasteiger partial charge on any atom is 0.192 e. The van der Waals surface area contributed by atoms with Gasteiger partial charge in [-0.05, 0) is 43.0 Å². The largest absolute Gasteiger partial charge is 0.411 e. The van der Waals surface area contributed by atoms with Crippen LogP contribution in [0.4, 0.5) is 0 Å². The highest BCUT2D eigenvalue weighted by Gasteiger charge is 2.49. The van der Waals surface area contributed by atoms with Gasteiger partial charge >= 0.3 is 0 Å². The zero-order valence-electron chi connectivity index (χ0n) is 21.4. The van der Waals surface area contributed by atoms with E-state index in [1.165, 1.54) is 0 Å². The first-order valence-corrected chi connectivity index (χ1v) is 15.4. The predicted molar refractivity (Wildman–Crippen MR) is 135 cm³/mol. The molecular weight excluding hydrogens is 432 g/mol. The molecule has 2 heterocycles. The van der Waals surface area contributed by atoms with Gasteiger partial charge in [-0.25, -0.2) is 0 Å². The SMILES string of the molecule is CC[C@@H](O[Si](C)(C)C(C)(C)C)[C@H]1C/C=C\CC[C@](C[C@@H]2O[C@H]2CO)(OCc2ccccc2)O1. The second-order valence-electron chi connectivity index (χ2n) is 11.0. The molecule has 0 aliphatic carbocycles. The molecule has 0 bridgehead atoms. The summed E-state index contributed by atoms with van der Waals surface area (Å²) >= 11 is 0. The molecule has 1 N–H and O–H groups in total. The Labute approximate surface area is 201 Å². The molecule has 186 valence electrons. The molecule has 2 aliphatic rings. The summed E-state index contributed by atoms with van der Waals surface area (Å²) in [5.41, 5.74) is 1.12. The first-order valence-electron chi connectivity index (χ1n) is 12.5. The first kappa shape index (κ1) is 26.6. The summed E-state index contributed by atoms with van der Waals surface area (Å²) in [6.45, 7) is 14.1. The van der Waals surface area contributed by atoms with Gasteiger partial charge in [-0.2, -0.15) is 0 Å². The molecule has 0 saturated carbocycles. The number of hydrogen-bond acceptors (Lipinski definition) is 5. The molecule has 2 aliphatic heterocycles. The Hall–Kier alpha value is -1.02. The molecular formula is C27H44O5Si. The highest BCUT2D eigenvalue weighted by atomic mass is 28.4. The van der Waals surface area contributed by atoms with Crippen molar-refractivity contribution in [3.8, 4) is 0 Å². The van der Waals surface area contributed by atoms with E-state index in [0.29, 0.717) is 13.0 Å². The quantitative estimate of drug-likeness (QED) is 0.256. The topological polar surface area (TPSA) is 60.5 Å². The van der Waals surface area contributed by atoms with Gasteiger partial charge in [-0.15, -0.1) is 0 Å². The molecule has 6 heteroatoms. The monoisotopic (exact) mass is 476 g/mol. The Bertz CT molecular complexity index is 760. The van der Waals surface area contributed by atoms with Gasteiger partial charge in [-0.3, -0.25) is 0 Å². The Morgan fingerprint density at radius 3 is 2.48 bits per heavy atom. The lowest BCUT2D eigenvalue weighted by atomic mass is 9.98. The summed E-state index contributed by atoms with van der Waals surface area (Å²) in [4.78, 5) is 0. The van der Waals surface area contributed by atoms with Gasteiger partial charge in [0, 0.05) is 12.8 Å². The van der Waals surface area contributed by atoms with Gasteiger partial charge in [0.2, 0.25) is 0 Å². The molecule has 1 saturated heterocycles. The number of benzene rings is 1. The van der Waals surface area contributed by atoms with E-state index < -0.39 is 14.1 Å². The molecule has 0 unspecified atom stereocenters. The van der Waals surface area contributed by atoms with Gasteiger partial charge in [0.25, 0.3) is 0 Å². The molecule has 3 rings (SSSR count). The minimum atomic E-state index is -1.96. The third kappa shape index (κ3) is 7.23. The molecule has 1 aromatic carbocycles. The maximum absolute atomic E-state index is 9.55. The Morgan fingerprint density at radius 1 is 1.15 bits per heavy atom. The third-order valence-electron chi connectivity index (χ3n) is 7.39. The fraction of sp³-hybridized carbons (Fsp3) is 0.704. The first-order chi connectivity index (χ1) is 15.6. The fourth-order valence-electron chi connectivity index (χ4n) is 4.17. The highest BCUT2D eigenvalue weighted by molar-refractivity contribution is 6.74. The number of allylic oxidation sites excluding steroid dienone is 1. The Kier molecular flexibility index (Phi) is 8.98. The van der Waals surface area contributed by atoms with Crippen LogP contribution in [-0.2, 0) is 25.2 Å². The number of epoxide rings is 1. The summed E-state index contributed by atoms with van der Waals surface area (Å²) in [5, 5.41) is 9.68.